The highest BCUT2D eigenvalue weighted by Crippen LogP contribution is 2.06. The molecule has 0 aliphatic carbocycles. The van der Waals surface area contributed by atoms with Crippen LogP contribution in [0.3, 0.4) is 0 Å². The van der Waals surface area contributed by atoms with Gasteiger partial charge >= 0.3 is 5.97 Å². The average molecular weight is 207 g/mol. The number of nitrogens with one attached hydrogen (secondary N) is 1. The summed E-state index contributed by atoms with van der Waals surface area (Å²) in [6.45, 7) is 10.2. The molecule has 0 fully saturated rings. The zero-order valence-corrected chi connectivity index (χ0v) is 8.58. The largest absolute Gasteiger partial charge is 0.465 e. The summed E-state index contributed by atoms with van der Waals surface area (Å²) in [6, 6.07) is 0. The molecule has 0 saturated carbocycles. The van der Waals surface area contributed by atoms with E-state index >= 15 is 0 Å². The lowest BCUT2D eigenvalue weighted by atomic mass is 10.2. The molecular formula is C11H13NO3. The molecule has 0 aromatic heterocycles. The maximum Gasteiger partial charge on any atom is 0.339 e. The van der Waals surface area contributed by atoms with Gasteiger partial charge in [0.2, 0.25) is 5.91 Å². The number of ether oxygens (including phenoxy) is 1. The molecule has 0 bridgehead atoms. The molecule has 1 N–H and O–H groups in total. The van der Waals surface area contributed by atoms with E-state index in [9.17, 15) is 9.59 Å². The van der Waals surface area contributed by atoms with Gasteiger partial charge in [-0.1, -0.05) is 25.8 Å². The summed E-state index contributed by atoms with van der Waals surface area (Å²) >= 11 is 0. The number of carbonyl (C=O) groups excluding carboxylic acids is 2. The van der Waals surface area contributed by atoms with Crippen LogP contribution < -0.4 is 5.32 Å². The van der Waals surface area contributed by atoms with E-state index in [1.54, 1.807) is 0 Å². The molecule has 0 spiro atoms. The molecule has 1 amide bonds. The van der Waals surface area contributed by atoms with Gasteiger partial charge in [-0.25, -0.2) is 4.79 Å². The van der Waals surface area contributed by atoms with E-state index in [0.717, 1.165) is 6.08 Å². The Morgan fingerprint density at radius 2 is 1.73 bits per heavy atom. The number of amides is 1. The second-order valence-electron chi connectivity index (χ2n) is 2.42. The molecule has 15 heavy (non-hydrogen) atoms. The fraction of sp³-hybridized carbons (Fsp3) is 0.0909. The van der Waals surface area contributed by atoms with E-state index in [1.165, 1.54) is 19.3 Å². The van der Waals surface area contributed by atoms with E-state index in [2.05, 4.69) is 29.8 Å². The van der Waals surface area contributed by atoms with Crippen molar-refractivity contribution in [3.05, 3.63) is 49.2 Å². The average Bonchev–Trinajstić information content (AvgIpc) is 2.27. The lowest BCUT2D eigenvalue weighted by Gasteiger charge is -2.07. The molecule has 0 saturated heterocycles. The summed E-state index contributed by atoms with van der Waals surface area (Å²) in [5.41, 5.74) is 0.379. The SMILES string of the molecule is C=CC(=O)N/C(C=C)=C(/C=C)C(=O)OC. The summed E-state index contributed by atoms with van der Waals surface area (Å²) in [5, 5.41) is 2.42. The third-order valence-electron chi connectivity index (χ3n) is 1.55. The Bertz CT molecular complexity index is 340. The minimum atomic E-state index is -0.593. The first kappa shape index (κ1) is 12.9. The number of hydrogen-bond acceptors (Lipinski definition) is 3. The molecule has 0 unspecified atom stereocenters. The van der Waals surface area contributed by atoms with Crippen LogP contribution in [0, 0.1) is 0 Å². The predicted molar refractivity (Wildman–Crippen MR) is 57.8 cm³/mol. The first-order valence-corrected chi connectivity index (χ1v) is 4.11. The van der Waals surface area contributed by atoms with Crippen molar-refractivity contribution < 1.29 is 14.3 Å². The summed E-state index contributed by atoms with van der Waals surface area (Å²) in [7, 11) is 1.24. The van der Waals surface area contributed by atoms with Crippen molar-refractivity contribution in [2.75, 3.05) is 7.11 Å². The lowest BCUT2D eigenvalue weighted by Crippen LogP contribution is -2.22. The number of allylic oxidation sites excluding steroid dienone is 1. The van der Waals surface area contributed by atoms with Gasteiger partial charge in [0.25, 0.3) is 0 Å². The lowest BCUT2D eigenvalue weighted by molar-refractivity contribution is -0.135. The van der Waals surface area contributed by atoms with E-state index in [-0.39, 0.29) is 11.3 Å². The second kappa shape index (κ2) is 6.37. The van der Waals surface area contributed by atoms with Crippen molar-refractivity contribution in [2.24, 2.45) is 0 Å². The summed E-state index contributed by atoms with van der Waals surface area (Å²) in [5.74, 6) is -1.03. The second-order valence-corrected chi connectivity index (χ2v) is 2.42. The molecule has 80 valence electrons. The molecule has 0 aromatic rings. The van der Waals surface area contributed by atoms with Crippen LogP contribution in [0.4, 0.5) is 0 Å². The van der Waals surface area contributed by atoms with Crippen molar-refractivity contribution in [3.8, 4) is 0 Å². The molecule has 0 aliphatic rings. The molecule has 0 atom stereocenters. The number of esters is 1. The van der Waals surface area contributed by atoms with Gasteiger partial charge in [0.15, 0.2) is 0 Å². The van der Waals surface area contributed by atoms with Gasteiger partial charge in [-0.05, 0) is 12.2 Å². The topological polar surface area (TPSA) is 55.4 Å². The molecule has 4 nitrogen and oxygen atoms in total. The minimum absolute atomic E-state index is 0.141. The van der Waals surface area contributed by atoms with E-state index in [4.69, 9.17) is 0 Å². The number of hydrogen-bond donors (Lipinski definition) is 1. The van der Waals surface area contributed by atoms with Crippen LogP contribution in [0.15, 0.2) is 49.2 Å². The van der Waals surface area contributed by atoms with Crippen LogP contribution in [0.25, 0.3) is 0 Å². The molecule has 0 rings (SSSR count). The van der Waals surface area contributed by atoms with Gasteiger partial charge in [-0.2, -0.15) is 0 Å². The zero-order valence-electron chi connectivity index (χ0n) is 8.58. The van der Waals surface area contributed by atoms with Crippen LogP contribution in [0.1, 0.15) is 0 Å². The smallest absolute Gasteiger partial charge is 0.339 e. The van der Waals surface area contributed by atoms with E-state index in [0.29, 0.717) is 0 Å². The minimum Gasteiger partial charge on any atom is -0.465 e. The Kier molecular flexibility index (Phi) is 5.48. The van der Waals surface area contributed by atoms with Gasteiger partial charge in [0, 0.05) is 0 Å². The van der Waals surface area contributed by atoms with Crippen LogP contribution >= 0.6 is 0 Å². The third-order valence-corrected chi connectivity index (χ3v) is 1.55. The highest BCUT2D eigenvalue weighted by Gasteiger charge is 2.11. The molecule has 4 heteroatoms. The summed E-state index contributed by atoms with van der Waals surface area (Å²) < 4.78 is 4.51. The highest BCUT2D eigenvalue weighted by molar-refractivity contribution is 5.95. The molecular weight excluding hydrogens is 194 g/mol. The third kappa shape index (κ3) is 3.64. The Hall–Kier alpha value is -2.10. The van der Waals surface area contributed by atoms with Crippen molar-refractivity contribution in [3.63, 3.8) is 0 Å². The maximum atomic E-state index is 11.2. The fourth-order valence-corrected chi connectivity index (χ4v) is 0.825. The predicted octanol–water partition coefficient (Wildman–Crippen LogP) is 1.09. The Morgan fingerprint density at radius 1 is 1.13 bits per heavy atom. The normalized spacial score (nSPS) is 10.7. The molecule has 0 aromatic carbocycles. The van der Waals surface area contributed by atoms with Crippen molar-refractivity contribution in [1.29, 1.82) is 0 Å². The number of carbonyl (C=O) groups is 2. The first-order chi connectivity index (χ1) is 7.10. The van der Waals surface area contributed by atoms with Crippen molar-refractivity contribution in [2.45, 2.75) is 0 Å². The fourth-order valence-electron chi connectivity index (χ4n) is 0.825. The summed E-state index contributed by atoms with van der Waals surface area (Å²) in [4.78, 5) is 22.3. The summed E-state index contributed by atoms with van der Waals surface area (Å²) in [6.07, 6.45) is 3.70. The van der Waals surface area contributed by atoms with Gasteiger partial charge in [0.05, 0.1) is 18.4 Å². The Balaban J connectivity index is 5.15. The van der Waals surface area contributed by atoms with Gasteiger partial charge in [0.1, 0.15) is 0 Å². The highest BCUT2D eigenvalue weighted by atomic mass is 16.5. The standard InChI is InChI=1S/C11H13NO3/c1-5-8(11(14)15-4)9(6-2)12-10(13)7-3/h5-7H,1-3H2,4H3,(H,12,13)/b9-8-. The maximum absolute atomic E-state index is 11.2. The van der Waals surface area contributed by atoms with Crippen LogP contribution in [-0.4, -0.2) is 19.0 Å². The van der Waals surface area contributed by atoms with Crippen molar-refractivity contribution in [1.82, 2.24) is 5.32 Å². The van der Waals surface area contributed by atoms with Crippen molar-refractivity contribution >= 4 is 11.9 Å². The number of methoxy groups -OCH3 is 1. The quantitative estimate of drug-likeness (QED) is 0.417. The van der Waals surface area contributed by atoms with Gasteiger partial charge in [-0.3, -0.25) is 4.79 Å². The number of rotatable bonds is 5. The first-order valence-electron chi connectivity index (χ1n) is 4.11. The monoisotopic (exact) mass is 207 g/mol. The zero-order chi connectivity index (χ0) is 11.8. The van der Waals surface area contributed by atoms with Crippen LogP contribution in [0.2, 0.25) is 0 Å². The molecule has 0 radical (unpaired) electrons. The van der Waals surface area contributed by atoms with Gasteiger partial charge < -0.3 is 10.1 Å². The molecule has 0 heterocycles. The Labute approximate surface area is 88.6 Å². The molecule has 0 aliphatic heterocycles. The Morgan fingerprint density at radius 3 is 2.07 bits per heavy atom. The van der Waals surface area contributed by atoms with E-state index < -0.39 is 11.9 Å². The van der Waals surface area contributed by atoms with E-state index in [1.807, 2.05) is 0 Å². The van der Waals surface area contributed by atoms with Gasteiger partial charge in [-0.15, -0.1) is 0 Å². The van der Waals surface area contributed by atoms with Crippen LogP contribution in [-0.2, 0) is 14.3 Å². The van der Waals surface area contributed by atoms with Crippen LogP contribution in [0.5, 0.6) is 0 Å².